The topological polar surface area (TPSA) is 82.2 Å². The first-order chi connectivity index (χ1) is 14.6. The molecule has 166 valence electrons. The third kappa shape index (κ3) is 3.87. The average Bonchev–Trinajstić information content (AvgIpc) is 3.22. The van der Waals surface area contributed by atoms with Gasteiger partial charge in [-0.25, -0.2) is 18.4 Å². The number of sulfonamides is 1. The monoisotopic (exact) mass is 453 g/mol. The van der Waals surface area contributed by atoms with Crippen LogP contribution >= 0.6 is 0 Å². The lowest BCUT2D eigenvalue weighted by Crippen LogP contribution is -2.52. The number of hydrogen-bond acceptors (Lipinski definition) is 5. The van der Waals surface area contributed by atoms with Crippen LogP contribution in [0.15, 0.2) is 47.8 Å². The van der Waals surface area contributed by atoms with Crippen LogP contribution in [0.2, 0.25) is 0 Å². The molecular formula is C20H22F3N5O2S. The van der Waals surface area contributed by atoms with E-state index in [1.807, 2.05) is 24.9 Å². The molecule has 2 unspecified atom stereocenters. The van der Waals surface area contributed by atoms with Crippen molar-refractivity contribution >= 4 is 26.9 Å². The number of halogens is 3. The molecule has 4 rings (SSSR count). The zero-order chi connectivity index (χ0) is 22.4. The number of fused-ring (bicyclic) bond motifs is 1. The summed E-state index contributed by atoms with van der Waals surface area (Å²) in [6, 6.07) is 5.88. The first-order valence-corrected chi connectivity index (χ1v) is 11.2. The molecule has 1 aromatic carbocycles. The Balaban J connectivity index is 1.67. The van der Waals surface area contributed by atoms with E-state index in [4.69, 9.17) is 0 Å². The SMILES string of the molecule is CC1CCN(S(=O)(=O)c2ccccc2C(F)(F)F)CC1N(C)c1ncnc2[nH]ccc12. The highest BCUT2D eigenvalue weighted by Crippen LogP contribution is 2.37. The average molecular weight is 453 g/mol. The smallest absolute Gasteiger partial charge is 0.354 e. The lowest BCUT2D eigenvalue weighted by Gasteiger charge is -2.41. The molecule has 0 aliphatic carbocycles. The maximum atomic E-state index is 13.4. The highest BCUT2D eigenvalue weighted by molar-refractivity contribution is 7.89. The van der Waals surface area contributed by atoms with Crippen molar-refractivity contribution in [3.8, 4) is 0 Å². The zero-order valence-electron chi connectivity index (χ0n) is 17.0. The number of rotatable bonds is 4. The van der Waals surface area contributed by atoms with Crippen molar-refractivity contribution < 1.29 is 21.6 Å². The van der Waals surface area contributed by atoms with Crippen molar-refractivity contribution in [1.82, 2.24) is 19.3 Å². The quantitative estimate of drug-likeness (QED) is 0.654. The maximum Gasteiger partial charge on any atom is 0.417 e. The Bertz CT molecular complexity index is 1190. The molecule has 1 N–H and O–H groups in total. The van der Waals surface area contributed by atoms with Crippen molar-refractivity contribution in [2.45, 2.75) is 30.5 Å². The molecule has 2 atom stereocenters. The number of hydrogen-bond donors (Lipinski definition) is 1. The zero-order valence-corrected chi connectivity index (χ0v) is 17.8. The molecule has 0 spiro atoms. The number of likely N-dealkylation sites (N-methyl/N-ethyl adjacent to an activating group) is 1. The Morgan fingerprint density at radius 1 is 1.19 bits per heavy atom. The van der Waals surface area contributed by atoms with Crippen molar-refractivity contribution in [3.05, 3.63) is 48.4 Å². The van der Waals surface area contributed by atoms with E-state index in [1.54, 1.807) is 6.20 Å². The Morgan fingerprint density at radius 3 is 2.68 bits per heavy atom. The Labute approximate surface area is 178 Å². The molecule has 31 heavy (non-hydrogen) atoms. The molecule has 1 saturated heterocycles. The molecule has 7 nitrogen and oxygen atoms in total. The number of piperidine rings is 1. The second-order valence-corrected chi connectivity index (χ2v) is 9.64. The third-order valence-corrected chi connectivity index (χ3v) is 7.78. The summed E-state index contributed by atoms with van der Waals surface area (Å²) in [5, 5.41) is 0.791. The molecule has 0 radical (unpaired) electrons. The molecule has 3 heterocycles. The molecule has 0 amide bonds. The van der Waals surface area contributed by atoms with Crippen LogP contribution in [0.3, 0.4) is 0 Å². The van der Waals surface area contributed by atoms with Gasteiger partial charge in [0.25, 0.3) is 0 Å². The van der Waals surface area contributed by atoms with Crippen molar-refractivity contribution in [2.75, 3.05) is 25.0 Å². The van der Waals surface area contributed by atoms with Gasteiger partial charge in [-0.1, -0.05) is 19.1 Å². The minimum atomic E-state index is -4.76. The van der Waals surface area contributed by atoms with E-state index in [0.29, 0.717) is 17.9 Å². The second kappa shape index (κ2) is 7.79. The van der Waals surface area contributed by atoms with Gasteiger partial charge < -0.3 is 9.88 Å². The van der Waals surface area contributed by atoms with Gasteiger partial charge in [-0.15, -0.1) is 0 Å². The lowest BCUT2D eigenvalue weighted by atomic mass is 9.93. The predicted octanol–water partition coefficient (Wildman–Crippen LogP) is 3.51. The molecule has 0 saturated carbocycles. The minimum Gasteiger partial charge on any atom is -0.354 e. The highest BCUT2D eigenvalue weighted by Gasteiger charge is 2.41. The Hall–Kier alpha value is -2.66. The number of benzene rings is 1. The summed E-state index contributed by atoms with van der Waals surface area (Å²) in [6.07, 6.45) is -1.08. The highest BCUT2D eigenvalue weighted by atomic mass is 32.2. The van der Waals surface area contributed by atoms with E-state index >= 15 is 0 Å². The van der Waals surface area contributed by atoms with Crippen molar-refractivity contribution in [2.24, 2.45) is 5.92 Å². The van der Waals surface area contributed by atoms with E-state index in [9.17, 15) is 21.6 Å². The third-order valence-electron chi connectivity index (χ3n) is 5.86. The van der Waals surface area contributed by atoms with Gasteiger partial charge in [-0.2, -0.15) is 17.5 Å². The van der Waals surface area contributed by atoms with Crippen LogP contribution < -0.4 is 4.90 Å². The maximum absolute atomic E-state index is 13.4. The van der Waals surface area contributed by atoms with E-state index < -0.39 is 26.7 Å². The van der Waals surface area contributed by atoms with Gasteiger partial charge in [-0.3, -0.25) is 0 Å². The van der Waals surface area contributed by atoms with Crippen molar-refractivity contribution in [3.63, 3.8) is 0 Å². The van der Waals surface area contributed by atoms with Crippen LogP contribution in [0.1, 0.15) is 18.9 Å². The summed E-state index contributed by atoms with van der Waals surface area (Å²) >= 11 is 0. The van der Waals surface area contributed by atoms with Gasteiger partial charge in [0.1, 0.15) is 17.8 Å². The second-order valence-electron chi connectivity index (χ2n) is 7.74. The number of nitrogens with one attached hydrogen (secondary N) is 1. The molecule has 1 aliphatic rings. The van der Waals surface area contributed by atoms with Gasteiger partial charge in [-0.05, 0) is 30.5 Å². The van der Waals surface area contributed by atoms with Crippen LogP contribution in [0.4, 0.5) is 19.0 Å². The first-order valence-electron chi connectivity index (χ1n) is 9.78. The fraction of sp³-hybridized carbons (Fsp3) is 0.400. The number of aromatic amines is 1. The minimum absolute atomic E-state index is 0.0576. The number of anilines is 1. The summed E-state index contributed by atoms with van der Waals surface area (Å²) < 4.78 is 67.9. The largest absolute Gasteiger partial charge is 0.417 e. The standard InChI is InChI=1S/C20H22F3N5O2S/c1-13-8-10-28(31(29,30)17-6-4-3-5-15(17)20(21,22)23)11-16(13)27(2)19-14-7-9-24-18(14)25-12-26-19/h3-7,9,12-13,16H,8,10-11H2,1-2H3,(H,24,25,26). The van der Waals surface area contributed by atoms with Crippen LogP contribution in [0.25, 0.3) is 11.0 Å². The summed E-state index contributed by atoms with van der Waals surface area (Å²) in [7, 11) is -2.52. The normalized spacial score (nSPS) is 20.8. The van der Waals surface area contributed by atoms with Gasteiger partial charge >= 0.3 is 6.18 Å². The molecule has 0 bridgehead atoms. The van der Waals surface area contributed by atoms with Crippen LogP contribution in [-0.2, 0) is 16.2 Å². The molecule has 11 heteroatoms. The fourth-order valence-electron chi connectivity index (χ4n) is 4.10. The molecule has 1 fully saturated rings. The summed E-state index contributed by atoms with van der Waals surface area (Å²) in [6.45, 7) is 2.22. The van der Waals surface area contributed by atoms with Crippen LogP contribution in [0, 0.1) is 5.92 Å². The lowest BCUT2D eigenvalue weighted by molar-refractivity contribution is -0.139. The molecule has 2 aromatic heterocycles. The van der Waals surface area contributed by atoms with Gasteiger partial charge in [0.05, 0.1) is 15.8 Å². The van der Waals surface area contributed by atoms with E-state index in [1.165, 1.54) is 18.5 Å². The summed E-state index contributed by atoms with van der Waals surface area (Å²) in [5.74, 6) is 0.747. The Morgan fingerprint density at radius 2 is 1.94 bits per heavy atom. The van der Waals surface area contributed by atoms with Gasteiger partial charge in [0, 0.05) is 32.4 Å². The van der Waals surface area contributed by atoms with Crippen LogP contribution in [-0.4, -0.2) is 53.9 Å². The number of alkyl halides is 3. The van der Waals surface area contributed by atoms with Crippen molar-refractivity contribution in [1.29, 1.82) is 0 Å². The summed E-state index contributed by atoms with van der Waals surface area (Å²) in [4.78, 5) is 12.7. The molecule has 1 aliphatic heterocycles. The van der Waals surface area contributed by atoms with E-state index in [0.717, 1.165) is 21.8 Å². The number of H-pyrrole nitrogens is 1. The van der Waals surface area contributed by atoms with E-state index in [2.05, 4.69) is 15.0 Å². The van der Waals surface area contributed by atoms with Gasteiger partial charge in [0.2, 0.25) is 10.0 Å². The fourth-order valence-corrected chi connectivity index (χ4v) is 5.79. The molecule has 3 aromatic rings. The number of nitrogens with zero attached hydrogens (tertiary/aromatic N) is 4. The summed E-state index contributed by atoms with van der Waals surface area (Å²) in [5.41, 5.74) is -0.493. The molecular weight excluding hydrogens is 431 g/mol. The Kier molecular flexibility index (Phi) is 5.42. The first kappa shape index (κ1) is 21.6. The van der Waals surface area contributed by atoms with E-state index in [-0.39, 0.29) is 25.0 Å². The van der Waals surface area contributed by atoms with Crippen LogP contribution in [0.5, 0.6) is 0 Å². The number of aromatic nitrogens is 3. The predicted molar refractivity (Wildman–Crippen MR) is 110 cm³/mol. The van der Waals surface area contributed by atoms with Gasteiger partial charge in [0.15, 0.2) is 0 Å².